The van der Waals surface area contributed by atoms with Crippen molar-refractivity contribution in [1.29, 1.82) is 0 Å². The van der Waals surface area contributed by atoms with Crippen molar-refractivity contribution in [1.82, 2.24) is 0 Å². The van der Waals surface area contributed by atoms with Gasteiger partial charge in [-0.3, -0.25) is 0 Å². The molecular weight excluding hydrogens is 96.1 g/mol. The Balaban J connectivity index is 2.87. The number of hydrogen-bond donors (Lipinski definition) is 0. The fourth-order valence-corrected chi connectivity index (χ4v) is 0.779. The molecule has 0 saturated heterocycles. The number of hydrogen-bond acceptors (Lipinski definition) is 0. The average molecular weight is 108 g/mol. The summed E-state index contributed by atoms with van der Waals surface area (Å²) in [6, 6.07) is 0. The van der Waals surface area contributed by atoms with Gasteiger partial charge in [-0.1, -0.05) is 37.6 Å². The molecule has 8 heavy (non-hydrogen) atoms. The SMILES string of the molecule is CC1=CC=CC1(C)C. The van der Waals surface area contributed by atoms with Crippen molar-refractivity contribution < 1.29 is 0 Å². The maximum absolute atomic E-state index is 2.22. The molecule has 44 valence electrons. The van der Waals surface area contributed by atoms with Crippen molar-refractivity contribution in [3.8, 4) is 0 Å². The van der Waals surface area contributed by atoms with Gasteiger partial charge in [-0.05, 0) is 6.92 Å². The summed E-state index contributed by atoms with van der Waals surface area (Å²) in [4.78, 5) is 0. The molecule has 0 atom stereocenters. The fourth-order valence-electron chi connectivity index (χ4n) is 0.779. The molecule has 1 rings (SSSR count). The van der Waals surface area contributed by atoms with E-state index < -0.39 is 0 Å². The second-order valence-electron chi connectivity index (χ2n) is 2.93. The van der Waals surface area contributed by atoms with Gasteiger partial charge in [0.05, 0.1) is 0 Å². The summed E-state index contributed by atoms with van der Waals surface area (Å²) in [5.41, 5.74) is 1.79. The molecule has 1 aliphatic rings. The van der Waals surface area contributed by atoms with Crippen molar-refractivity contribution in [2.24, 2.45) is 5.41 Å². The molecule has 0 aromatic rings. The molecule has 0 aromatic carbocycles. The third-order valence-electron chi connectivity index (χ3n) is 1.88. The zero-order valence-corrected chi connectivity index (χ0v) is 5.73. The van der Waals surface area contributed by atoms with Crippen LogP contribution in [-0.2, 0) is 0 Å². The van der Waals surface area contributed by atoms with Crippen molar-refractivity contribution in [3.05, 3.63) is 23.8 Å². The summed E-state index contributed by atoms with van der Waals surface area (Å²) in [6.07, 6.45) is 6.51. The van der Waals surface area contributed by atoms with Crippen LogP contribution < -0.4 is 0 Å². The zero-order chi connectivity index (χ0) is 6.20. The highest BCUT2D eigenvalue weighted by Crippen LogP contribution is 2.31. The van der Waals surface area contributed by atoms with Crippen LogP contribution in [-0.4, -0.2) is 0 Å². The van der Waals surface area contributed by atoms with Gasteiger partial charge in [0.25, 0.3) is 0 Å². The van der Waals surface area contributed by atoms with Gasteiger partial charge in [0.1, 0.15) is 0 Å². The van der Waals surface area contributed by atoms with Crippen LogP contribution in [0.2, 0.25) is 0 Å². The molecule has 0 spiro atoms. The Morgan fingerprint density at radius 1 is 1.38 bits per heavy atom. The van der Waals surface area contributed by atoms with E-state index in [-0.39, 0.29) is 0 Å². The number of rotatable bonds is 0. The molecular formula is C8H12. The summed E-state index contributed by atoms with van der Waals surface area (Å²) in [7, 11) is 0. The van der Waals surface area contributed by atoms with E-state index in [9.17, 15) is 0 Å². The molecule has 0 heteroatoms. The monoisotopic (exact) mass is 108 g/mol. The Morgan fingerprint density at radius 2 is 2.00 bits per heavy atom. The van der Waals surface area contributed by atoms with Crippen molar-refractivity contribution >= 4 is 0 Å². The summed E-state index contributed by atoms with van der Waals surface area (Å²) < 4.78 is 0. The van der Waals surface area contributed by atoms with E-state index in [1.165, 1.54) is 5.57 Å². The maximum atomic E-state index is 2.22. The Kier molecular flexibility index (Phi) is 1.04. The van der Waals surface area contributed by atoms with Crippen molar-refractivity contribution in [2.75, 3.05) is 0 Å². The van der Waals surface area contributed by atoms with E-state index in [0.29, 0.717) is 5.41 Å². The van der Waals surface area contributed by atoms with Crippen molar-refractivity contribution in [3.63, 3.8) is 0 Å². The first-order valence-electron chi connectivity index (χ1n) is 2.99. The largest absolute Gasteiger partial charge is 0.0748 e. The van der Waals surface area contributed by atoms with Crippen LogP contribution in [0.3, 0.4) is 0 Å². The van der Waals surface area contributed by atoms with Crippen LogP contribution in [0.15, 0.2) is 23.8 Å². The molecule has 0 radical (unpaired) electrons. The van der Waals surface area contributed by atoms with Crippen molar-refractivity contribution in [2.45, 2.75) is 20.8 Å². The Hall–Kier alpha value is -0.520. The van der Waals surface area contributed by atoms with Gasteiger partial charge >= 0.3 is 0 Å². The molecule has 0 aromatic heterocycles. The minimum absolute atomic E-state index is 0.333. The predicted molar refractivity (Wildman–Crippen MR) is 36.7 cm³/mol. The second-order valence-corrected chi connectivity index (χ2v) is 2.93. The van der Waals surface area contributed by atoms with Gasteiger partial charge in [-0.25, -0.2) is 0 Å². The van der Waals surface area contributed by atoms with E-state index in [1.807, 2.05) is 0 Å². The van der Waals surface area contributed by atoms with E-state index in [4.69, 9.17) is 0 Å². The minimum atomic E-state index is 0.333. The summed E-state index contributed by atoms with van der Waals surface area (Å²) in [6.45, 7) is 6.62. The summed E-state index contributed by atoms with van der Waals surface area (Å²) >= 11 is 0. The van der Waals surface area contributed by atoms with Gasteiger partial charge < -0.3 is 0 Å². The molecule has 0 fully saturated rings. The molecule has 0 amide bonds. The van der Waals surface area contributed by atoms with Gasteiger partial charge in [0.15, 0.2) is 0 Å². The second kappa shape index (κ2) is 1.48. The lowest BCUT2D eigenvalue weighted by molar-refractivity contribution is 0.591. The Bertz CT molecular complexity index is 147. The minimum Gasteiger partial charge on any atom is -0.0748 e. The molecule has 0 unspecified atom stereocenters. The topological polar surface area (TPSA) is 0 Å². The van der Waals surface area contributed by atoms with Gasteiger partial charge in [-0.15, -0.1) is 0 Å². The third-order valence-corrected chi connectivity index (χ3v) is 1.88. The van der Waals surface area contributed by atoms with E-state index in [0.717, 1.165) is 0 Å². The van der Waals surface area contributed by atoms with Gasteiger partial charge in [0, 0.05) is 5.41 Å². The quantitative estimate of drug-likeness (QED) is 0.447. The maximum Gasteiger partial charge on any atom is 0.00377 e. The van der Waals surface area contributed by atoms with Crippen LogP contribution >= 0.6 is 0 Å². The van der Waals surface area contributed by atoms with E-state index >= 15 is 0 Å². The molecule has 0 N–H and O–H groups in total. The van der Waals surface area contributed by atoms with Crippen LogP contribution in [0.25, 0.3) is 0 Å². The van der Waals surface area contributed by atoms with E-state index in [2.05, 4.69) is 39.0 Å². The lowest BCUT2D eigenvalue weighted by Gasteiger charge is -2.16. The normalized spacial score (nSPS) is 23.6. The number of allylic oxidation sites excluding steroid dienone is 4. The van der Waals surface area contributed by atoms with Crippen LogP contribution in [0.1, 0.15) is 20.8 Å². The predicted octanol–water partition coefficient (Wildman–Crippen LogP) is 2.53. The highest BCUT2D eigenvalue weighted by molar-refractivity contribution is 5.29. The highest BCUT2D eigenvalue weighted by Gasteiger charge is 2.17. The molecule has 1 aliphatic carbocycles. The first-order chi connectivity index (χ1) is 3.63. The summed E-state index contributed by atoms with van der Waals surface area (Å²) in [5, 5.41) is 0. The van der Waals surface area contributed by atoms with E-state index in [1.54, 1.807) is 0 Å². The molecule has 0 saturated carbocycles. The molecule has 0 nitrogen and oxygen atoms in total. The van der Waals surface area contributed by atoms with Crippen LogP contribution in [0, 0.1) is 5.41 Å². The molecule has 0 aliphatic heterocycles. The fraction of sp³-hybridized carbons (Fsp3) is 0.500. The van der Waals surface area contributed by atoms with Crippen LogP contribution in [0.5, 0.6) is 0 Å². The van der Waals surface area contributed by atoms with Crippen LogP contribution in [0.4, 0.5) is 0 Å². The molecule has 0 heterocycles. The average Bonchev–Trinajstić information content (AvgIpc) is 1.86. The lowest BCUT2D eigenvalue weighted by Crippen LogP contribution is -2.04. The highest BCUT2D eigenvalue weighted by atomic mass is 14.2. The zero-order valence-electron chi connectivity index (χ0n) is 5.73. The third kappa shape index (κ3) is 0.706. The first kappa shape index (κ1) is 5.61. The Morgan fingerprint density at radius 3 is 2.12 bits per heavy atom. The summed E-state index contributed by atoms with van der Waals surface area (Å²) in [5.74, 6) is 0. The Labute approximate surface area is 50.9 Å². The smallest absolute Gasteiger partial charge is 0.00377 e. The van der Waals surface area contributed by atoms with Gasteiger partial charge in [-0.2, -0.15) is 0 Å². The lowest BCUT2D eigenvalue weighted by atomic mass is 9.89. The first-order valence-corrected chi connectivity index (χ1v) is 2.99. The van der Waals surface area contributed by atoms with Gasteiger partial charge in [0.2, 0.25) is 0 Å². The molecule has 0 bridgehead atoms. The standard InChI is InChI=1S/C8H12/c1-7-5-4-6-8(7,2)3/h4-6H,1-3H3.